The third-order valence-electron chi connectivity index (χ3n) is 7.28. The molecule has 4 heterocycles. The fourth-order valence-corrected chi connectivity index (χ4v) is 5.23. The lowest BCUT2D eigenvalue weighted by molar-refractivity contribution is -0.137. The first kappa shape index (κ1) is 26.1. The number of hydrogen-bond donors (Lipinski definition) is 1. The van der Waals surface area contributed by atoms with Crippen molar-refractivity contribution in [3.05, 3.63) is 59.5 Å². The molecule has 7 nitrogen and oxygen atoms in total. The first-order valence-corrected chi connectivity index (χ1v) is 12.7. The minimum atomic E-state index is -4.59. The predicted molar refractivity (Wildman–Crippen MR) is 138 cm³/mol. The summed E-state index contributed by atoms with van der Waals surface area (Å²) in [6.45, 7) is 5.45. The molecule has 2 aliphatic rings. The van der Waals surface area contributed by atoms with E-state index in [-0.39, 0.29) is 29.3 Å². The van der Waals surface area contributed by atoms with Crippen LogP contribution >= 0.6 is 0 Å². The number of aliphatic hydroxyl groups excluding tert-OH is 1. The summed E-state index contributed by atoms with van der Waals surface area (Å²) < 4.78 is 55.0. The number of alkyl halides is 3. The zero-order valence-electron chi connectivity index (χ0n) is 21.3. The van der Waals surface area contributed by atoms with E-state index in [0.29, 0.717) is 37.1 Å². The summed E-state index contributed by atoms with van der Waals surface area (Å²) in [5.74, 6) is 0.810. The van der Waals surface area contributed by atoms with Gasteiger partial charge in [-0.25, -0.2) is 14.4 Å². The molecule has 1 aromatic carbocycles. The number of anilines is 3. The number of pyridine rings is 1. The summed E-state index contributed by atoms with van der Waals surface area (Å²) in [7, 11) is 0. The Morgan fingerprint density at radius 3 is 2.37 bits per heavy atom. The second-order valence-corrected chi connectivity index (χ2v) is 9.96. The highest BCUT2D eigenvalue weighted by molar-refractivity contribution is 5.66. The Labute approximate surface area is 218 Å². The van der Waals surface area contributed by atoms with Gasteiger partial charge in [-0.05, 0) is 62.6 Å². The van der Waals surface area contributed by atoms with Crippen molar-refractivity contribution >= 4 is 17.6 Å². The van der Waals surface area contributed by atoms with E-state index in [4.69, 9.17) is 9.97 Å². The number of aliphatic hydroxyl groups is 1. The van der Waals surface area contributed by atoms with E-state index in [1.54, 1.807) is 17.0 Å². The summed E-state index contributed by atoms with van der Waals surface area (Å²) in [6, 6.07) is 9.08. The maximum absolute atomic E-state index is 13.8. The first-order chi connectivity index (χ1) is 18.1. The van der Waals surface area contributed by atoms with Gasteiger partial charge in [-0.15, -0.1) is 0 Å². The second kappa shape index (κ2) is 10.4. The molecule has 0 amide bonds. The molecule has 11 heteroatoms. The van der Waals surface area contributed by atoms with Crippen molar-refractivity contribution in [1.82, 2.24) is 15.0 Å². The molecule has 2 unspecified atom stereocenters. The number of nitrogens with zero attached hydrogens (tertiary/aromatic N) is 6. The quantitative estimate of drug-likeness (QED) is 0.471. The van der Waals surface area contributed by atoms with Crippen molar-refractivity contribution in [1.29, 1.82) is 0 Å². The van der Waals surface area contributed by atoms with Crippen LogP contribution < -0.4 is 14.7 Å². The Morgan fingerprint density at radius 2 is 1.74 bits per heavy atom. The number of benzene rings is 1. The normalized spacial score (nSPS) is 20.3. The van der Waals surface area contributed by atoms with Gasteiger partial charge in [0, 0.05) is 56.1 Å². The van der Waals surface area contributed by atoms with Crippen LogP contribution in [0.3, 0.4) is 0 Å². The van der Waals surface area contributed by atoms with Crippen LogP contribution in [0.25, 0.3) is 11.3 Å². The van der Waals surface area contributed by atoms with E-state index in [1.165, 1.54) is 18.3 Å². The molecule has 0 radical (unpaired) electrons. The summed E-state index contributed by atoms with van der Waals surface area (Å²) in [5, 5.41) is 9.31. The van der Waals surface area contributed by atoms with Gasteiger partial charge in [0.25, 0.3) is 0 Å². The number of hydrogen-bond acceptors (Lipinski definition) is 7. The standard InChI is InChI=1S/C27H30F4N6O/c1-17-4-3-9-37(17)26-33-23(20-5-7-21(28)8-6-20)13-24(34-26)36-11-10-35(15-18(36)2)25-22(27(29,30)31)12-19(16-38)14-32-25/h5-8,12-14,17-18,38H,3-4,9-11,15-16H2,1-2H3. The SMILES string of the molecule is CC1CN(c2ncc(CO)cc2C(F)(F)F)CCN1c1cc(-c2ccc(F)cc2)nc(N2CCCC2C)n1. The van der Waals surface area contributed by atoms with Gasteiger partial charge >= 0.3 is 6.18 Å². The average molecular weight is 531 g/mol. The van der Waals surface area contributed by atoms with Gasteiger partial charge in [-0.2, -0.15) is 18.2 Å². The summed E-state index contributed by atoms with van der Waals surface area (Å²) >= 11 is 0. The Hall–Kier alpha value is -3.47. The lowest BCUT2D eigenvalue weighted by Crippen LogP contribution is -2.53. The number of rotatable bonds is 5. The highest BCUT2D eigenvalue weighted by Crippen LogP contribution is 2.37. The van der Waals surface area contributed by atoms with Crippen molar-refractivity contribution in [2.75, 3.05) is 40.9 Å². The minimum absolute atomic E-state index is 0.116. The molecule has 5 rings (SSSR count). The van der Waals surface area contributed by atoms with Crippen LogP contribution in [0.5, 0.6) is 0 Å². The number of aromatic nitrogens is 3. The van der Waals surface area contributed by atoms with Crippen LogP contribution in [-0.4, -0.2) is 58.3 Å². The third kappa shape index (κ3) is 5.24. The van der Waals surface area contributed by atoms with Crippen molar-refractivity contribution in [3.8, 4) is 11.3 Å². The zero-order chi connectivity index (χ0) is 27.0. The molecule has 0 spiro atoms. The molecule has 0 aliphatic carbocycles. The van der Waals surface area contributed by atoms with E-state index < -0.39 is 18.3 Å². The summed E-state index contributed by atoms with van der Waals surface area (Å²) in [4.78, 5) is 19.6. The highest BCUT2D eigenvalue weighted by Gasteiger charge is 2.38. The molecule has 2 aromatic heterocycles. The lowest BCUT2D eigenvalue weighted by Gasteiger charge is -2.42. The van der Waals surface area contributed by atoms with Gasteiger partial charge in [-0.3, -0.25) is 0 Å². The molecule has 0 bridgehead atoms. The van der Waals surface area contributed by atoms with E-state index >= 15 is 0 Å². The topological polar surface area (TPSA) is 68.6 Å². The maximum Gasteiger partial charge on any atom is 0.419 e. The summed E-state index contributed by atoms with van der Waals surface area (Å²) in [5.41, 5.74) is 0.693. The molecule has 202 valence electrons. The van der Waals surface area contributed by atoms with Gasteiger partial charge in [-0.1, -0.05) is 0 Å². The van der Waals surface area contributed by atoms with Crippen LogP contribution in [0.1, 0.15) is 37.8 Å². The average Bonchev–Trinajstić information content (AvgIpc) is 3.33. The van der Waals surface area contributed by atoms with Crippen molar-refractivity contribution in [2.45, 2.75) is 51.6 Å². The molecule has 2 atom stereocenters. The smallest absolute Gasteiger partial charge is 0.392 e. The molecular formula is C27H30F4N6O. The van der Waals surface area contributed by atoms with E-state index in [0.717, 1.165) is 31.0 Å². The van der Waals surface area contributed by atoms with Gasteiger partial charge < -0.3 is 19.8 Å². The van der Waals surface area contributed by atoms with Gasteiger partial charge in [0.05, 0.1) is 17.9 Å². The first-order valence-electron chi connectivity index (χ1n) is 12.7. The largest absolute Gasteiger partial charge is 0.419 e. The molecule has 3 aromatic rings. The second-order valence-electron chi connectivity index (χ2n) is 9.96. The molecule has 2 fully saturated rings. The predicted octanol–water partition coefficient (Wildman–Crippen LogP) is 4.89. The van der Waals surface area contributed by atoms with Crippen molar-refractivity contribution < 1.29 is 22.7 Å². The summed E-state index contributed by atoms with van der Waals surface area (Å²) in [6.07, 6.45) is -1.23. The Bertz CT molecular complexity index is 1290. The van der Waals surface area contributed by atoms with E-state index in [2.05, 4.69) is 21.7 Å². The van der Waals surface area contributed by atoms with Gasteiger partial charge in [0.2, 0.25) is 5.95 Å². The van der Waals surface area contributed by atoms with Gasteiger partial charge in [0.15, 0.2) is 0 Å². The van der Waals surface area contributed by atoms with E-state index in [1.807, 2.05) is 13.0 Å². The van der Waals surface area contributed by atoms with Gasteiger partial charge in [0.1, 0.15) is 17.5 Å². The Kier molecular flexibility index (Phi) is 7.13. The molecular weight excluding hydrogens is 500 g/mol. The van der Waals surface area contributed by atoms with Crippen LogP contribution in [0.2, 0.25) is 0 Å². The minimum Gasteiger partial charge on any atom is -0.392 e. The van der Waals surface area contributed by atoms with Crippen LogP contribution in [0, 0.1) is 5.82 Å². The number of piperazine rings is 1. The zero-order valence-corrected chi connectivity index (χ0v) is 21.3. The molecule has 2 aliphatic heterocycles. The monoisotopic (exact) mass is 530 g/mol. The fourth-order valence-electron chi connectivity index (χ4n) is 5.23. The van der Waals surface area contributed by atoms with Crippen LogP contribution in [0.15, 0.2) is 42.6 Å². The highest BCUT2D eigenvalue weighted by atomic mass is 19.4. The Morgan fingerprint density at radius 1 is 0.974 bits per heavy atom. The lowest BCUT2D eigenvalue weighted by atomic mass is 10.1. The maximum atomic E-state index is 13.8. The molecule has 0 saturated carbocycles. The number of halogens is 4. The van der Waals surface area contributed by atoms with Crippen LogP contribution in [-0.2, 0) is 12.8 Å². The van der Waals surface area contributed by atoms with Crippen LogP contribution in [0.4, 0.5) is 35.1 Å². The Balaban J connectivity index is 1.46. The van der Waals surface area contributed by atoms with E-state index in [9.17, 15) is 22.7 Å². The fraction of sp³-hybridized carbons (Fsp3) is 0.444. The molecule has 1 N–H and O–H groups in total. The molecule has 2 saturated heterocycles. The van der Waals surface area contributed by atoms with Crippen molar-refractivity contribution in [3.63, 3.8) is 0 Å². The molecule has 38 heavy (non-hydrogen) atoms. The third-order valence-corrected chi connectivity index (χ3v) is 7.28. The van der Waals surface area contributed by atoms with Crippen molar-refractivity contribution in [2.24, 2.45) is 0 Å².